The standard InChI is InChI=1S/C16H16ClNO3S/c1-11(12-5-9-15(10-6-12)22(2,20)21)18-16(19)13-3-7-14(17)8-4-13/h3-11H,1-2H3,(H,18,19). The lowest BCUT2D eigenvalue weighted by Gasteiger charge is -2.15. The van der Waals surface area contributed by atoms with E-state index in [1.807, 2.05) is 6.92 Å². The molecule has 1 atom stereocenters. The quantitative estimate of drug-likeness (QED) is 0.931. The third-order valence-electron chi connectivity index (χ3n) is 3.26. The maximum atomic E-state index is 12.1. The van der Waals surface area contributed by atoms with Crippen molar-refractivity contribution in [1.82, 2.24) is 5.32 Å². The van der Waals surface area contributed by atoms with E-state index < -0.39 is 9.84 Å². The third-order valence-corrected chi connectivity index (χ3v) is 4.64. The molecule has 2 aromatic carbocycles. The number of carbonyl (C=O) groups excluding carboxylic acids is 1. The van der Waals surface area contributed by atoms with Gasteiger partial charge in [-0.2, -0.15) is 0 Å². The van der Waals surface area contributed by atoms with E-state index in [2.05, 4.69) is 5.32 Å². The molecule has 0 heterocycles. The highest BCUT2D eigenvalue weighted by Gasteiger charge is 2.13. The summed E-state index contributed by atoms with van der Waals surface area (Å²) >= 11 is 5.79. The Labute approximate surface area is 135 Å². The van der Waals surface area contributed by atoms with Crippen LogP contribution in [0.15, 0.2) is 53.4 Å². The fourth-order valence-electron chi connectivity index (χ4n) is 1.97. The third kappa shape index (κ3) is 4.08. The molecule has 116 valence electrons. The molecule has 0 saturated carbocycles. The summed E-state index contributed by atoms with van der Waals surface area (Å²) in [6.07, 6.45) is 1.16. The maximum Gasteiger partial charge on any atom is 0.251 e. The van der Waals surface area contributed by atoms with Gasteiger partial charge in [-0.3, -0.25) is 4.79 Å². The van der Waals surface area contributed by atoms with Crippen molar-refractivity contribution in [3.8, 4) is 0 Å². The summed E-state index contributed by atoms with van der Waals surface area (Å²) in [5.41, 5.74) is 1.35. The van der Waals surface area contributed by atoms with Crippen LogP contribution in [0.4, 0.5) is 0 Å². The van der Waals surface area contributed by atoms with Crippen molar-refractivity contribution in [2.24, 2.45) is 0 Å². The van der Waals surface area contributed by atoms with Crippen LogP contribution in [0.25, 0.3) is 0 Å². The van der Waals surface area contributed by atoms with Gasteiger partial charge >= 0.3 is 0 Å². The molecule has 6 heteroatoms. The Morgan fingerprint density at radius 2 is 1.59 bits per heavy atom. The molecule has 2 rings (SSSR count). The highest BCUT2D eigenvalue weighted by Crippen LogP contribution is 2.17. The summed E-state index contributed by atoms with van der Waals surface area (Å²) < 4.78 is 22.8. The molecule has 4 nitrogen and oxygen atoms in total. The lowest BCUT2D eigenvalue weighted by molar-refractivity contribution is 0.0940. The Balaban J connectivity index is 2.10. The molecule has 2 aromatic rings. The van der Waals surface area contributed by atoms with Crippen molar-refractivity contribution in [2.75, 3.05) is 6.26 Å². The van der Waals surface area contributed by atoms with Crippen molar-refractivity contribution in [2.45, 2.75) is 17.9 Å². The number of halogens is 1. The first-order chi connectivity index (χ1) is 10.3. The SMILES string of the molecule is CC(NC(=O)c1ccc(Cl)cc1)c1ccc(S(C)(=O)=O)cc1. The molecule has 0 fully saturated rings. The molecule has 0 aromatic heterocycles. The van der Waals surface area contributed by atoms with Crippen LogP contribution in [-0.4, -0.2) is 20.6 Å². The summed E-state index contributed by atoms with van der Waals surface area (Å²) in [4.78, 5) is 12.4. The van der Waals surface area contributed by atoms with E-state index in [1.54, 1.807) is 36.4 Å². The second kappa shape index (κ2) is 6.50. The van der Waals surface area contributed by atoms with Crippen LogP contribution in [-0.2, 0) is 9.84 Å². The molecule has 0 radical (unpaired) electrons. The number of sulfone groups is 1. The molecular weight excluding hydrogens is 322 g/mol. The van der Waals surface area contributed by atoms with Crippen LogP contribution in [0.2, 0.25) is 5.02 Å². The average Bonchev–Trinajstić information content (AvgIpc) is 2.47. The fourth-order valence-corrected chi connectivity index (χ4v) is 2.72. The van der Waals surface area contributed by atoms with Gasteiger partial charge < -0.3 is 5.32 Å². The van der Waals surface area contributed by atoms with Crippen molar-refractivity contribution in [3.05, 3.63) is 64.7 Å². The van der Waals surface area contributed by atoms with Gasteiger partial charge in [0.25, 0.3) is 5.91 Å². The number of nitrogens with one attached hydrogen (secondary N) is 1. The summed E-state index contributed by atoms with van der Waals surface area (Å²) in [6.45, 7) is 1.84. The Hall–Kier alpha value is -1.85. The highest BCUT2D eigenvalue weighted by molar-refractivity contribution is 7.90. The first-order valence-corrected chi connectivity index (χ1v) is 8.91. The molecule has 0 bridgehead atoms. The van der Waals surface area contributed by atoms with Crippen molar-refractivity contribution >= 4 is 27.3 Å². The minimum atomic E-state index is -3.22. The van der Waals surface area contributed by atoms with Crippen molar-refractivity contribution in [3.63, 3.8) is 0 Å². The summed E-state index contributed by atoms with van der Waals surface area (Å²) in [5, 5.41) is 3.43. The molecule has 22 heavy (non-hydrogen) atoms. The Bertz CT molecular complexity index is 768. The van der Waals surface area contributed by atoms with E-state index in [0.717, 1.165) is 11.8 Å². The van der Waals surface area contributed by atoms with Crippen molar-refractivity contribution < 1.29 is 13.2 Å². The normalized spacial score (nSPS) is 12.7. The molecule has 0 saturated heterocycles. The summed E-state index contributed by atoms with van der Waals surface area (Å²) in [7, 11) is -3.22. The first-order valence-electron chi connectivity index (χ1n) is 6.64. The maximum absolute atomic E-state index is 12.1. The molecule has 1 amide bonds. The zero-order valence-corrected chi connectivity index (χ0v) is 13.8. The van der Waals surface area contributed by atoms with E-state index >= 15 is 0 Å². The number of benzene rings is 2. The second-order valence-electron chi connectivity index (χ2n) is 5.04. The molecule has 0 aliphatic carbocycles. The van der Waals surface area contributed by atoms with E-state index in [0.29, 0.717) is 10.6 Å². The van der Waals surface area contributed by atoms with Crippen LogP contribution >= 0.6 is 11.6 Å². The predicted molar refractivity (Wildman–Crippen MR) is 86.9 cm³/mol. The zero-order chi connectivity index (χ0) is 16.3. The van der Waals surface area contributed by atoms with Gasteiger partial charge in [0.05, 0.1) is 10.9 Å². The number of carbonyl (C=O) groups is 1. The average molecular weight is 338 g/mol. The zero-order valence-electron chi connectivity index (χ0n) is 12.2. The Kier molecular flexibility index (Phi) is 4.88. The number of hydrogen-bond acceptors (Lipinski definition) is 3. The van der Waals surface area contributed by atoms with Gasteiger partial charge in [-0.15, -0.1) is 0 Å². The van der Waals surface area contributed by atoms with Gasteiger partial charge in [0, 0.05) is 16.8 Å². The number of hydrogen-bond donors (Lipinski definition) is 1. The summed E-state index contributed by atoms with van der Waals surface area (Å²) in [6, 6.07) is 12.8. The van der Waals surface area contributed by atoms with Gasteiger partial charge in [-0.1, -0.05) is 23.7 Å². The number of rotatable bonds is 4. The summed E-state index contributed by atoms with van der Waals surface area (Å²) in [5.74, 6) is -0.212. The lowest BCUT2D eigenvalue weighted by atomic mass is 10.1. The minimum Gasteiger partial charge on any atom is -0.346 e. The van der Waals surface area contributed by atoms with Crippen LogP contribution in [0.5, 0.6) is 0 Å². The van der Waals surface area contributed by atoms with Gasteiger partial charge in [-0.25, -0.2) is 8.42 Å². The number of amides is 1. The molecule has 0 spiro atoms. The Morgan fingerprint density at radius 1 is 1.05 bits per heavy atom. The monoisotopic (exact) mass is 337 g/mol. The molecule has 0 aliphatic heterocycles. The first kappa shape index (κ1) is 16.5. The van der Waals surface area contributed by atoms with Crippen LogP contribution in [0, 0.1) is 0 Å². The minimum absolute atomic E-state index is 0.212. The lowest BCUT2D eigenvalue weighted by Crippen LogP contribution is -2.26. The smallest absolute Gasteiger partial charge is 0.251 e. The van der Waals surface area contributed by atoms with Crippen LogP contribution in [0.1, 0.15) is 28.9 Å². The predicted octanol–water partition coefficient (Wildman–Crippen LogP) is 3.23. The van der Waals surface area contributed by atoms with E-state index in [-0.39, 0.29) is 16.8 Å². The van der Waals surface area contributed by atoms with Gasteiger partial charge in [0.15, 0.2) is 9.84 Å². The second-order valence-corrected chi connectivity index (χ2v) is 7.50. The topological polar surface area (TPSA) is 63.2 Å². The van der Waals surface area contributed by atoms with E-state index in [4.69, 9.17) is 11.6 Å². The highest BCUT2D eigenvalue weighted by atomic mass is 35.5. The molecule has 1 unspecified atom stereocenters. The van der Waals surface area contributed by atoms with E-state index in [9.17, 15) is 13.2 Å². The largest absolute Gasteiger partial charge is 0.346 e. The fraction of sp³-hybridized carbons (Fsp3) is 0.188. The Morgan fingerprint density at radius 3 is 2.09 bits per heavy atom. The van der Waals surface area contributed by atoms with Gasteiger partial charge in [0.2, 0.25) is 0 Å². The van der Waals surface area contributed by atoms with Crippen molar-refractivity contribution in [1.29, 1.82) is 0 Å². The van der Waals surface area contributed by atoms with Gasteiger partial charge in [-0.05, 0) is 48.9 Å². The molecule has 0 aliphatic rings. The van der Waals surface area contributed by atoms with Gasteiger partial charge in [0.1, 0.15) is 0 Å². The molecular formula is C16H16ClNO3S. The molecule has 1 N–H and O–H groups in total. The van der Waals surface area contributed by atoms with E-state index in [1.165, 1.54) is 12.1 Å². The van der Waals surface area contributed by atoms with Crippen LogP contribution < -0.4 is 5.32 Å². The van der Waals surface area contributed by atoms with Crippen LogP contribution in [0.3, 0.4) is 0 Å².